The molecule has 0 fully saturated rings. The molecule has 176 valence electrons. The lowest BCUT2D eigenvalue weighted by Gasteiger charge is -2.28. The first-order valence-electron chi connectivity index (χ1n) is 10.9. The maximum atomic E-state index is 14.0. The fourth-order valence-electron chi connectivity index (χ4n) is 4.04. The molecule has 0 saturated heterocycles. The molecular formula is C23H28F2N6O2. The number of aromatic nitrogens is 4. The summed E-state index contributed by atoms with van der Waals surface area (Å²) in [5.74, 6) is -1.05. The lowest BCUT2D eigenvalue weighted by atomic mass is 9.86. The summed E-state index contributed by atoms with van der Waals surface area (Å²) in [5.41, 5.74) is 0.972. The molecule has 3 heterocycles. The van der Waals surface area contributed by atoms with E-state index in [1.165, 1.54) is 6.07 Å². The molecule has 1 aliphatic heterocycles. The molecule has 0 aliphatic carbocycles. The molecule has 0 spiro atoms. The number of carbonyl (C=O) groups excluding carboxylic acids is 1. The van der Waals surface area contributed by atoms with Crippen molar-refractivity contribution in [3.8, 4) is 11.4 Å². The normalized spacial score (nSPS) is 15.7. The van der Waals surface area contributed by atoms with Gasteiger partial charge in [-0.2, -0.15) is 4.98 Å². The Hall–Kier alpha value is -3.14. The summed E-state index contributed by atoms with van der Waals surface area (Å²) >= 11 is 0. The summed E-state index contributed by atoms with van der Waals surface area (Å²) in [6.45, 7) is 9.56. The Balaban J connectivity index is 1.77. The van der Waals surface area contributed by atoms with Gasteiger partial charge in [0.15, 0.2) is 23.2 Å². The number of hydrogen-bond donors (Lipinski definition) is 1. The van der Waals surface area contributed by atoms with Crippen LogP contribution in [0.3, 0.4) is 0 Å². The highest BCUT2D eigenvalue weighted by Gasteiger charge is 2.35. The van der Waals surface area contributed by atoms with E-state index in [1.807, 2.05) is 32.4 Å². The first-order chi connectivity index (χ1) is 15.5. The second-order valence-corrected chi connectivity index (χ2v) is 9.55. The lowest BCUT2D eigenvalue weighted by molar-refractivity contribution is 0.0874. The summed E-state index contributed by atoms with van der Waals surface area (Å²) in [6.07, 6.45) is 0.837. The van der Waals surface area contributed by atoms with E-state index in [1.54, 1.807) is 6.92 Å². The van der Waals surface area contributed by atoms with Gasteiger partial charge in [0.25, 0.3) is 5.91 Å². The zero-order chi connectivity index (χ0) is 23.9. The molecule has 0 saturated carbocycles. The minimum Gasteiger partial charge on any atom is -0.338 e. The molecule has 0 radical (unpaired) electrons. The van der Waals surface area contributed by atoms with Crippen LogP contribution >= 0.6 is 0 Å². The quantitative estimate of drug-likeness (QED) is 0.639. The van der Waals surface area contributed by atoms with Gasteiger partial charge in [0.2, 0.25) is 5.89 Å². The SMILES string of the molecule is Cc1noc([C@@H](NC(=O)c2nc(-c3ccc(F)c(F)c3)n3c2CN(C)CCC3)C(C)(C)C)n1. The molecule has 1 N–H and O–H groups in total. The number of fused-ring (bicyclic) bond motifs is 1. The van der Waals surface area contributed by atoms with Gasteiger partial charge < -0.3 is 19.3 Å². The number of hydrogen-bond acceptors (Lipinski definition) is 6. The summed E-state index contributed by atoms with van der Waals surface area (Å²) in [6, 6.07) is 3.12. The Kier molecular flexibility index (Phi) is 6.04. The number of carbonyl (C=O) groups is 1. The molecule has 8 nitrogen and oxygen atoms in total. The molecule has 1 amide bonds. The van der Waals surface area contributed by atoms with Crippen molar-refractivity contribution in [2.45, 2.75) is 53.2 Å². The summed E-state index contributed by atoms with van der Waals surface area (Å²) in [5, 5.41) is 6.86. The second kappa shape index (κ2) is 8.66. The van der Waals surface area contributed by atoms with Crippen LogP contribution in [-0.4, -0.2) is 44.1 Å². The Bertz CT molecular complexity index is 1180. The van der Waals surface area contributed by atoms with Crippen LogP contribution in [-0.2, 0) is 13.1 Å². The van der Waals surface area contributed by atoms with Crippen LogP contribution < -0.4 is 5.32 Å². The van der Waals surface area contributed by atoms with Crippen LogP contribution in [0.4, 0.5) is 8.78 Å². The van der Waals surface area contributed by atoms with Crippen molar-refractivity contribution in [1.29, 1.82) is 0 Å². The predicted molar refractivity (Wildman–Crippen MR) is 117 cm³/mol. The molecule has 1 aromatic carbocycles. The van der Waals surface area contributed by atoms with Gasteiger partial charge in [0, 0.05) is 18.7 Å². The maximum Gasteiger partial charge on any atom is 0.272 e. The van der Waals surface area contributed by atoms with Gasteiger partial charge in [0.05, 0.1) is 5.69 Å². The third-order valence-electron chi connectivity index (χ3n) is 5.74. The van der Waals surface area contributed by atoms with Crippen molar-refractivity contribution < 1.29 is 18.1 Å². The number of imidazole rings is 1. The van der Waals surface area contributed by atoms with E-state index in [-0.39, 0.29) is 5.69 Å². The third kappa shape index (κ3) is 4.66. The molecule has 1 atom stereocenters. The second-order valence-electron chi connectivity index (χ2n) is 9.55. The van der Waals surface area contributed by atoms with Crippen LogP contribution in [0.1, 0.15) is 61.1 Å². The summed E-state index contributed by atoms with van der Waals surface area (Å²) in [4.78, 5) is 24.5. The minimum absolute atomic E-state index is 0.244. The van der Waals surface area contributed by atoms with Crippen molar-refractivity contribution in [3.63, 3.8) is 0 Å². The van der Waals surface area contributed by atoms with E-state index < -0.39 is 29.0 Å². The molecule has 0 bridgehead atoms. The van der Waals surface area contributed by atoms with Crippen molar-refractivity contribution in [3.05, 3.63) is 52.9 Å². The first kappa shape index (κ1) is 23.0. The topological polar surface area (TPSA) is 89.1 Å². The highest BCUT2D eigenvalue weighted by atomic mass is 19.2. The van der Waals surface area contributed by atoms with Gasteiger partial charge in [-0.3, -0.25) is 4.79 Å². The predicted octanol–water partition coefficient (Wildman–Crippen LogP) is 3.87. The third-order valence-corrected chi connectivity index (χ3v) is 5.74. The number of nitrogens with zero attached hydrogens (tertiary/aromatic N) is 5. The molecular weight excluding hydrogens is 430 g/mol. The standard InChI is InChI=1S/C23H28F2N6O2/c1-13-26-22(33-29-13)19(23(2,3)4)28-21(32)18-17-12-30(5)9-6-10-31(17)20(27-18)14-7-8-15(24)16(25)11-14/h7-8,11,19H,6,9-10,12H2,1-5H3,(H,28,32)/t19-/m1/s1. The fourth-order valence-corrected chi connectivity index (χ4v) is 4.04. The zero-order valence-corrected chi connectivity index (χ0v) is 19.4. The first-order valence-corrected chi connectivity index (χ1v) is 10.9. The molecule has 33 heavy (non-hydrogen) atoms. The van der Waals surface area contributed by atoms with Gasteiger partial charge in [-0.25, -0.2) is 13.8 Å². The molecule has 2 aromatic heterocycles. The Morgan fingerprint density at radius 3 is 2.58 bits per heavy atom. The number of benzene rings is 1. The van der Waals surface area contributed by atoms with E-state index in [0.29, 0.717) is 36.2 Å². The smallest absolute Gasteiger partial charge is 0.272 e. The highest BCUT2D eigenvalue weighted by Crippen LogP contribution is 2.33. The Labute approximate surface area is 191 Å². The fraction of sp³-hybridized carbons (Fsp3) is 0.478. The van der Waals surface area contributed by atoms with Crippen molar-refractivity contribution in [2.24, 2.45) is 5.41 Å². The van der Waals surface area contributed by atoms with E-state index in [4.69, 9.17) is 4.52 Å². The largest absolute Gasteiger partial charge is 0.338 e. The zero-order valence-electron chi connectivity index (χ0n) is 19.4. The monoisotopic (exact) mass is 458 g/mol. The van der Waals surface area contributed by atoms with Crippen LogP contribution in [0, 0.1) is 24.0 Å². The molecule has 4 rings (SSSR count). The van der Waals surface area contributed by atoms with Crippen LogP contribution in [0.25, 0.3) is 11.4 Å². The minimum atomic E-state index is -0.957. The van der Waals surface area contributed by atoms with Crippen molar-refractivity contribution >= 4 is 5.91 Å². The lowest BCUT2D eigenvalue weighted by Crippen LogP contribution is -2.37. The summed E-state index contributed by atoms with van der Waals surface area (Å²) in [7, 11) is 1.97. The van der Waals surface area contributed by atoms with Gasteiger partial charge in [0.1, 0.15) is 11.9 Å². The average molecular weight is 459 g/mol. The van der Waals surface area contributed by atoms with E-state index in [0.717, 1.165) is 30.8 Å². The van der Waals surface area contributed by atoms with Gasteiger partial charge in [-0.05, 0) is 50.6 Å². The Morgan fingerprint density at radius 2 is 1.94 bits per heavy atom. The van der Waals surface area contributed by atoms with Crippen LogP contribution in [0.15, 0.2) is 22.7 Å². The number of aryl methyl sites for hydroxylation is 1. The molecule has 1 aliphatic rings. The van der Waals surface area contributed by atoms with Gasteiger partial charge in [-0.1, -0.05) is 25.9 Å². The molecule has 0 unspecified atom stereocenters. The van der Waals surface area contributed by atoms with Crippen molar-refractivity contribution in [1.82, 2.24) is 29.9 Å². The van der Waals surface area contributed by atoms with Gasteiger partial charge in [-0.15, -0.1) is 0 Å². The summed E-state index contributed by atoms with van der Waals surface area (Å²) < 4.78 is 34.8. The van der Waals surface area contributed by atoms with Crippen LogP contribution in [0.5, 0.6) is 0 Å². The Morgan fingerprint density at radius 1 is 1.18 bits per heavy atom. The van der Waals surface area contributed by atoms with Gasteiger partial charge >= 0.3 is 0 Å². The number of nitrogens with one attached hydrogen (secondary N) is 1. The number of amides is 1. The van der Waals surface area contributed by atoms with Crippen LogP contribution in [0.2, 0.25) is 0 Å². The van der Waals surface area contributed by atoms with Crippen molar-refractivity contribution in [2.75, 3.05) is 13.6 Å². The number of halogens is 2. The van der Waals surface area contributed by atoms with E-state index in [2.05, 4.69) is 25.3 Å². The number of rotatable bonds is 4. The molecule has 10 heteroatoms. The highest BCUT2D eigenvalue weighted by molar-refractivity contribution is 5.94. The molecule has 3 aromatic rings. The van der Waals surface area contributed by atoms with E-state index >= 15 is 0 Å². The van der Waals surface area contributed by atoms with E-state index in [9.17, 15) is 13.6 Å². The average Bonchev–Trinajstić information content (AvgIpc) is 3.25. The maximum absolute atomic E-state index is 14.0.